The van der Waals surface area contributed by atoms with Gasteiger partial charge in [-0.3, -0.25) is 9.78 Å². The van der Waals surface area contributed by atoms with E-state index in [9.17, 15) is 4.79 Å². The minimum atomic E-state index is -0.0296. The average molecular weight is 313 g/mol. The summed E-state index contributed by atoms with van der Waals surface area (Å²) in [6.45, 7) is 1.29. The van der Waals surface area contributed by atoms with Crippen LogP contribution in [-0.2, 0) is 17.8 Å². The number of thiazole rings is 1. The van der Waals surface area contributed by atoms with Crippen molar-refractivity contribution in [1.82, 2.24) is 24.8 Å². The lowest BCUT2D eigenvalue weighted by Crippen LogP contribution is -2.28. The summed E-state index contributed by atoms with van der Waals surface area (Å²) in [5, 5.41) is 5.62. The zero-order valence-electron chi connectivity index (χ0n) is 11.8. The van der Waals surface area contributed by atoms with Crippen molar-refractivity contribution < 1.29 is 4.79 Å². The number of hydrogen-bond acceptors (Lipinski definition) is 5. The maximum absolute atomic E-state index is 11.9. The van der Waals surface area contributed by atoms with E-state index < -0.39 is 0 Å². The van der Waals surface area contributed by atoms with E-state index in [4.69, 9.17) is 0 Å². The Hall–Kier alpha value is -2.54. The van der Waals surface area contributed by atoms with E-state index in [0.29, 0.717) is 13.1 Å². The van der Waals surface area contributed by atoms with E-state index in [1.165, 1.54) is 11.3 Å². The van der Waals surface area contributed by atoms with E-state index in [2.05, 4.69) is 20.3 Å². The number of carbonyl (C=O) groups is 1. The Balaban J connectivity index is 1.50. The number of carbonyl (C=O) groups excluding carboxylic acids is 1. The highest BCUT2D eigenvalue weighted by atomic mass is 32.1. The second-order valence-electron chi connectivity index (χ2n) is 4.69. The quantitative estimate of drug-likeness (QED) is 0.752. The molecule has 3 aromatic heterocycles. The third kappa shape index (κ3) is 3.76. The lowest BCUT2D eigenvalue weighted by molar-refractivity contribution is -0.120. The van der Waals surface area contributed by atoms with Crippen molar-refractivity contribution in [3.63, 3.8) is 0 Å². The molecule has 6 nitrogen and oxygen atoms in total. The largest absolute Gasteiger partial charge is 0.354 e. The zero-order chi connectivity index (χ0) is 15.2. The third-order valence-corrected chi connectivity index (χ3v) is 3.94. The Kier molecular flexibility index (Phi) is 4.55. The minimum Gasteiger partial charge on any atom is -0.354 e. The van der Waals surface area contributed by atoms with Gasteiger partial charge in [-0.15, -0.1) is 11.3 Å². The lowest BCUT2D eigenvalue weighted by atomic mass is 10.3. The summed E-state index contributed by atoms with van der Waals surface area (Å²) in [5.41, 5.74) is 1.60. The van der Waals surface area contributed by atoms with Crippen molar-refractivity contribution >= 4 is 17.2 Å². The Morgan fingerprint density at radius 1 is 1.32 bits per heavy atom. The van der Waals surface area contributed by atoms with Gasteiger partial charge >= 0.3 is 0 Å². The number of aromatic nitrogens is 4. The monoisotopic (exact) mass is 313 g/mol. The van der Waals surface area contributed by atoms with Gasteiger partial charge in [0.2, 0.25) is 5.91 Å². The molecule has 1 N–H and O–H groups in total. The van der Waals surface area contributed by atoms with Crippen molar-refractivity contribution in [1.29, 1.82) is 0 Å². The summed E-state index contributed by atoms with van der Waals surface area (Å²) >= 11 is 1.50. The molecule has 0 radical (unpaired) electrons. The molecule has 22 heavy (non-hydrogen) atoms. The molecule has 0 aliphatic heterocycles. The summed E-state index contributed by atoms with van der Waals surface area (Å²) in [6.07, 6.45) is 7.33. The molecule has 0 aliphatic carbocycles. The average Bonchev–Trinajstić information content (AvgIpc) is 3.20. The fourth-order valence-corrected chi connectivity index (χ4v) is 2.76. The molecule has 3 aromatic rings. The molecule has 0 spiro atoms. The van der Waals surface area contributed by atoms with E-state index >= 15 is 0 Å². The van der Waals surface area contributed by atoms with Crippen LogP contribution in [-0.4, -0.2) is 32.0 Å². The van der Waals surface area contributed by atoms with E-state index in [0.717, 1.165) is 16.4 Å². The highest BCUT2D eigenvalue weighted by Gasteiger charge is 2.09. The molecule has 0 unspecified atom stereocenters. The smallest absolute Gasteiger partial charge is 0.226 e. The maximum atomic E-state index is 11.9. The van der Waals surface area contributed by atoms with Crippen LogP contribution in [0.1, 0.15) is 5.69 Å². The standard InChI is InChI=1S/C15H15N5OS/c21-14(18-6-8-20-7-5-16-11-20)9-12-10-22-15(19-12)13-3-1-2-4-17-13/h1-5,7,10-11H,6,8-9H2,(H,18,21). The van der Waals surface area contributed by atoms with Crippen molar-refractivity contribution in [2.24, 2.45) is 0 Å². The number of rotatable bonds is 6. The minimum absolute atomic E-state index is 0.0296. The first-order valence-electron chi connectivity index (χ1n) is 6.89. The van der Waals surface area contributed by atoms with Gasteiger partial charge < -0.3 is 9.88 Å². The number of imidazole rings is 1. The number of nitrogens with one attached hydrogen (secondary N) is 1. The van der Waals surface area contributed by atoms with Crippen molar-refractivity contribution in [2.75, 3.05) is 6.54 Å². The van der Waals surface area contributed by atoms with Crippen molar-refractivity contribution in [3.8, 4) is 10.7 Å². The second kappa shape index (κ2) is 6.95. The molecule has 7 heteroatoms. The number of hydrogen-bond donors (Lipinski definition) is 1. The molecule has 0 saturated carbocycles. The molecule has 0 bridgehead atoms. The van der Waals surface area contributed by atoms with Gasteiger partial charge in [0.05, 0.1) is 24.1 Å². The van der Waals surface area contributed by atoms with Gasteiger partial charge in [-0.05, 0) is 12.1 Å². The third-order valence-electron chi connectivity index (χ3n) is 3.03. The Morgan fingerprint density at radius 3 is 3.05 bits per heavy atom. The van der Waals surface area contributed by atoms with Gasteiger partial charge in [-0.2, -0.15) is 0 Å². The summed E-state index contributed by atoms with van der Waals surface area (Å²) in [4.78, 5) is 24.6. The van der Waals surface area contributed by atoms with Gasteiger partial charge in [0.1, 0.15) is 5.01 Å². The van der Waals surface area contributed by atoms with E-state index in [1.54, 1.807) is 18.7 Å². The molecule has 3 heterocycles. The molecule has 0 saturated heterocycles. The van der Waals surface area contributed by atoms with Crippen molar-refractivity contribution in [3.05, 3.63) is 54.2 Å². The van der Waals surface area contributed by atoms with Crippen LogP contribution in [0.15, 0.2) is 48.5 Å². The summed E-state index contributed by atoms with van der Waals surface area (Å²) in [6, 6.07) is 5.70. The molecule has 0 aromatic carbocycles. The van der Waals surface area contributed by atoms with Gasteiger partial charge in [-0.25, -0.2) is 9.97 Å². The van der Waals surface area contributed by atoms with E-state index in [1.807, 2.05) is 34.3 Å². The van der Waals surface area contributed by atoms with Crippen LogP contribution in [0.5, 0.6) is 0 Å². The molecule has 0 aliphatic rings. The zero-order valence-corrected chi connectivity index (χ0v) is 12.7. The normalized spacial score (nSPS) is 10.5. The highest BCUT2D eigenvalue weighted by molar-refractivity contribution is 7.13. The van der Waals surface area contributed by atoms with Gasteiger partial charge in [0, 0.05) is 37.1 Å². The summed E-state index contributed by atoms with van der Waals surface area (Å²) in [7, 11) is 0. The molecule has 112 valence electrons. The van der Waals surface area contributed by atoms with Crippen LogP contribution in [0.4, 0.5) is 0 Å². The topological polar surface area (TPSA) is 72.7 Å². The van der Waals surface area contributed by atoms with Gasteiger partial charge in [-0.1, -0.05) is 6.07 Å². The van der Waals surface area contributed by atoms with Crippen LogP contribution < -0.4 is 5.32 Å². The number of nitrogens with zero attached hydrogens (tertiary/aromatic N) is 4. The maximum Gasteiger partial charge on any atom is 0.226 e. The SMILES string of the molecule is O=C(Cc1csc(-c2ccccn2)n1)NCCn1ccnc1. The van der Waals surface area contributed by atoms with Crippen LogP contribution in [0.25, 0.3) is 10.7 Å². The van der Waals surface area contributed by atoms with Crippen LogP contribution in [0.3, 0.4) is 0 Å². The summed E-state index contributed by atoms with van der Waals surface area (Å²) in [5.74, 6) is -0.0296. The number of amides is 1. The second-order valence-corrected chi connectivity index (χ2v) is 5.54. The number of pyridine rings is 1. The van der Waals surface area contributed by atoms with Gasteiger partial charge in [0.15, 0.2) is 0 Å². The Bertz CT molecular complexity index is 723. The molecular formula is C15H15N5OS. The highest BCUT2D eigenvalue weighted by Crippen LogP contribution is 2.21. The first-order valence-corrected chi connectivity index (χ1v) is 7.77. The van der Waals surface area contributed by atoms with Crippen molar-refractivity contribution in [2.45, 2.75) is 13.0 Å². The van der Waals surface area contributed by atoms with Crippen LogP contribution in [0.2, 0.25) is 0 Å². The van der Waals surface area contributed by atoms with E-state index in [-0.39, 0.29) is 12.3 Å². The Morgan fingerprint density at radius 2 is 2.27 bits per heavy atom. The summed E-state index contributed by atoms with van der Waals surface area (Å²) < 4.78 is 1.92. The molecular weight excluding hydrogens is 298 g/mol. The molecule has 0 fully saturated rings. The fourth-order valence-electron chi connectivity index (χ4n) is 1.97. The molecule has 0 atom stereocenters. The Labute approximate surface area is 131 Å². The lowest BCUT2D eigenvalue weighted by Gasteiger charge is -2.04. The molecule has 3 rings (SSSR count). The van der Waals surface area contributed by atoms with Gasteiger partial charge in [0.25, 0.3) is 0 Å². The first-order chi connectivity index (χ1) is 10.8. The predicted octanol–water partition coefficient (Wildman–Crippen LogP) is 1.76. The molecule has 1 amide bonds. The van der Waals surface area contributed by atoms with Crippen LogP contribution >= 0.6 is 11.3 Å². The predicted molar refractivity (Wildman–Crippen MR) is 84.3 cm³/mol. The van der Waals surface area contributed by atoms with Crippen LogP contribution in [0, 0.1) is 0 Å². The fraction of sp³-hybridized carbons (Fsp3) is 0.200. The first kappa shape index (κ1) is 14.4.